The molecule has 8 nitrogen and oxygen atoms in total. The maximum Gasteiger partial charge on any atom is 0.349 e. The Morgan fingerprint density at radius 1 is 1.20 bits per heavy atom. The SMILES string of the molecule is CCc1c(F)ccc2cc(OCOC)cc(-c3oc(=O)c4c(N5C[C@H]6C[C@@H](C5)[C@H](O)C6)nc(SC)nc4c3C)c12. The smallest absolute Gasteiger partial charge is 0.349 e. The van der Waals surface area contributed by atoms with Crippen LogP contribution in [0, 0.1) is 24.6 Å². The summed E-state index contributed by atoms with van der Waals surface area (Å²) in [4.78, 5) is 25.4. The minimum Gasteiger partial charge on any atom is -0.468 e. The average Bonchev–Trinajstić information content (AvgIpc) is 3.22. The average molecular weight is 566 g/mol. The van der Waals surface area contributed by atoms with Crippen LogP contribution in [0.5, 0.6) is 5.75 Å². The first-order valence-electron chi connectivity index (χ1n) is 13.5. The fourth-order valence-electron chi connectivity index (χ4n) is 6.42. The van der Waals surface area contributed by atoms with E-state index in [1.54, 1.807) is 12.1 Å². The highest BCUT2D eigenvalue weighted by Gasteiger charge is 2.40. The van der Waals surface area contributed by atoms with Gasteiger partial charge in [0.15, 0.2) is 11.9 Å². The van der Waals surface area contributed by atoms with E-state index < -0.39 is 5.63 Å². The number of aliphatic hydroxyl groups is 1. The third-order valence-corrected chi connectivity index (χ3v) is 8.77. The largest absolute Gasteiger partial charge is 0.468 e. The van der Waals surface area contributed by atoms with Crippen LogP contribution < -0.4 is 15.3 Å². The lowest BCUT2D eigenvalue weighted by Crippen LogP contribution is -2.39. The monoisotopic (exact) mass is 565 g/mol. The van der Waals surface area contributed by atoms with Crippen LogP contribution in [0.15, 0.2) is 38.6 Å². The zero-order chi connectivity index (χ0) is 28.1. The van der Waals surface area contributed by atoms with Crippen molar-refractivity contribution in [2.45, 2.75) is 44.4 Å². The molecule has 2 aliphatic rings. The van der Waals surface area contributed by atoms with Gasteiger partial charge >= 0.3 is 5.63 Å². The number of rotatable bonds is 7. The van der Waals surface area contributed by atoms with Gasteiger partial charge in [-0.3, -0.25) is 0 Å². The van der Waals surface area contributed by atoms with E-state index in [0.717, 1.165) is 24.8 Å². The number of aryl methyl sites for hydroxylation is 2. The van der Waals surface area contributed by atoms with Gasteiger partial charge in [-0.15, -0.1) is 0 Å². The summed E-state index contributed by atoms with van der Waals surface area (Å²) in [6.45, 7) is 5.14. The lowest BCUT2D eigenvalue weighted by molar-refractivity contribution is 0.0512. The lowest BCUT2D eigenvalue weighted by Gasteiger charge is -2.33. The van der Waals surface area contributed by atoms with E-state index in [9.17, 15) is 9.90 Å². The highest BCUT2D eigenvalue weighted by molar-refractivity contribution is 7.98. The first-order valence-corrected chi connectivity index (χ1v) is 14.7. The summed E-state index contributed by atoms with van der Waals surface area (Å²) in [5.41, 5.74) is 1.70. The van der Waals surface area contributed by atoms with Crippen LogP contribution in [-0.2, 0) is 11.2 Å². The molecular formula is C30H32FN3O5S. The van der Waals surface area contributed by atoms with Gasteiger partial charge in [-0.05, 0) is 72.9 Å². The molecule has 1 aliphatic carbocycles. The van der Waals surface area contributed by atoms with Crippen molar-refractivity contribution in [2.24, 2.45) is 11.8 Å². The Hall–Kier alpha value is -3.21. The molecule has 1 saturated heterocycles. The van der Waals surface area contributed by atoms with Gasteiger partial charge in [0.1, 0.15) is 28.5 Å². The number of methoxy groups -OCH3 is 1. The Morgan fingerprint density at radius 3 is 2.75 bits per heavy atom. The quantitative estimate of drug-likeness (QED) is 0.181. The molecule has 2 aromatic heterocycles. The predicted octanol–water partition coefficient (Wildman–Crippen LogP) is 5.32. The van der Waals surface area contributed by atoms with Crippen molar-refractivity contribution in [3.63, 3.8) is 0 Å². The standard InChI is InChI=1S/C30H32FN3O5S/c1-5-20-22(31)7-6-17-10-19(38-14-37-3)11-21(24(17)20)27-15(2)26-25(29(36)39-27)28(33-30(32-26)40-4)34-12-16-8-18(13-34)23(35)9-16/h6-7,10-11,16,18,23,35H,5,8-9,12-14H2,1-4H3/t16-,18-,23+/m0/s1. The van der Waals surface area contributed by atoms with Gasteiger partial charge in [-0.25, -0.2) is 19.2 Å². The van der Waals surface area contributed by atoms with Crippen LogP contribution in [0.2, 0.25) is 0 Å². The predicted molar refractivity (Wildman–Crippen MR) is 154 cm³/mol. The van der Waals surface area contributed by atoms with Crippen molar-refractivity contribution >= 4 is 39.3 Å². The number of ether oxygens (including phenoxy) is 2. The molecule has 0 amide bonds. The molecule has 1 N–H and O–H groups in total. The minimum absolute atomic E-state index is 0.0353. The van der Waals surface area contributed by atoms with Crippen LogP contribution in [0.4, 0.5) is 10.2 Å². The highest BCUT2D eigenvalue weighted by Crippen LogP contribution is 2.42. The normalized spacial score (nSPS) is 20.6. The molecule has 3 atom stereocenters. The number of aromatic nitrogens is 2. The van der Waals surface area contributed by atoms with Crippen LogP contribution >= 0.6 is 11.8 Å². The molecule has 10 heteroatoms. The Balaban J connectivity index is 1.60. The van der Waals surface area contributed by atoms with E-state index in [1.165, 1.54) is 24.9 Å². The second-order valence-electron chi connectivity index (χ2n) is 10.7. The second-order valence-corrected chi connectivity index (χ2v) is 11.4. The zero-order valence-electron chi connectivity index (χ0n) is 23.0. The Labute approximate surface area is 235 Å². The number of hydrogen-bond donors (Lipinski definition) is 1. The summed E-state index contributed by atoms with van der Waals surface area (Å²) in [7, 11) is 1.54. The Kier molecular flexibility index (Phi) is 7.18. The lowest BCUT2D eigenvalue weighted by atomic mass is 9.93. The van der Waals surface area contributed by atoms with Crippen molar-refractivity contribution in [1.29, 1.82) is 0 Å². The fourth-order valence-corrected chi connectivity index (χ4v) is 6.78. The molecular weight excluding hydrogens is 533 g/mol. The number of nitrogens with zero attached hydrogens (tertiary/aromatic N) is 3. The van der Waals surface area contributed by atoms with E-state index in [0.29, 0.717) is 74.3 Å². The first kappa shape index (κ1) is 27.0. The van der Waals surface area contributed by atoms with E-state index in [4.69, 9.17) is 23.9 Å². The van der Waals surface area contributed by atoms with Crippen molar-refractivity contribution in [3.8, 4) is 17.1 Å². The molecule has 2 bridgehead atoms. The number of anilines is 1. The van der Waals surface area contributed by atoms with Crippen molar-refractivity contribution in [1.82, 2.24) is 9.97 Å². The number of piperidine rings is 1. The maximum absolute atomic E-state index is 15.0. The van der Waals surface area contributed by atoms with Gasteiger partial charge in [-0.1, -0.05) is 24.8 Å². The number of hydrogen-bond acceptors (Lipinski definition) is 9. The van der Waals surface area contributed by atoms with Gasteiger partial charge in [0.25, 0.3) is 0 Å². The molecule has 1 saturated carbocycles. The highest BCUT2D eigenvalue weighted by atomic mass is 32.2. The molecule has 1 aliphatic heterocycles. The number of aliphatic hydroxyl groups excluding tert-OH is 1. The van der Waals surface area contributed by atoms with Crippen molar-refractivity contribution in [2.75, 3.05) is 38.1 Å². The molecule has 0 unspecified atom stereocenters. The maximum atomic E-state index is 15.0. The van der Waals surface area contributed by atoms with E-state index in [1.807, 2.05) is 26.2 Å². The summed E-state index contributed by atoms with van der Waals surface area (Å²) in [5, 5.41) is 12.8. The van der Waals surface area contributed by atoms with Crippen molar-refractivity contribution < 1.29 is 23.4 Å². The zero-order valence-corrected chi connectivity index (χ0v) is 23.8. The molecule has 210 valence electrons. The summed E-state index contributed by atoms with van der Waals surface area (Å²) >= 11 is 1.40. The van der Waals surface area contributed by atoms with E-state index >= 15 is 4.39 Å². The van der Waals surface area contributed by atoms with Crippen LogP contribution in [-0.4, -0.2) is 54.4 Å². The Bertz CT molecular complexity index is 1670. The van der Waals surface area contributed by atoms with Gasteiger partial charge < -0.3 is 23.9 Å². The van der Waals surface area contributed by atoms with Gasteiger partial charge in [0, 0.05) is 37.2 Å². The summed E-state index contributed by atoms with van der Waals surface area (Å²) < 4.78 is 32.0. The van der Waals surface area contributed by atoms with E-state index in [-0.39, 0.29) is 24.6 Å². The number of fused-ring (bicyclic) bond motifs is 4. The number of halogens is 1. The molecule has 6 rings (SSSR count). The third-order valence-electron chi connectivity index (χ3n) is 8.22. The summed E-state index contributed by atoms with van der Waals surface area (Å²) in [5.74, 6) is 1.56. The van der Waals surface area contributed by atoms with Gasteiger partial charge in [-0.2, -0.15) is 0 Å². The molecule has 0 spiro atoms. The minimum atomic E-state index is -0.553. The molecule has 40 heavy (non-hydrogen) atoms. The van der Waals surface area contributed by atoms with E-state index in [2.05, 4.69) is 4.90 Å². The Morgan fingerprint density at radius 2 is 2.02 bits per heavy atom. The van der Waals surface area contributed by atoms with Crippen LogP contribution in [0.1, 0.15) is 30.9 Å². The van der Waals surface area contributed by atoms with Gasteiger partial charge in [0.05, 0.1) is 11.6 Å². The number of benzene rings is 2. The third kappa shape index (κ3) is 4.52. The van der Waals surface area contributed by atoms with Crippen LogP contribution in [0.3, 0.4) is 0 Å². The topological polar surface area (TPSA) is 97.9 Å². The number of thioether (sulfide) groups is 1. The van der Waals surface area contributed by atoms with Crippen molar-refractivity contribution in [3.05, 3.63) is 51.6 Å². The summed E-state index contributed by atoms with van der Waals surface area (Å²) in [6, 6.07) is 6.74. The first-order chi connectivity index (χ1) is 19.3. The molecule has 2 fully saturated rings. The summed E-state index contributed by atoms with van der Waals surface area (Å²) in [6.07, 6.45) is 3.77. The van der Waals surface area contributed by atoms with Crippen LogP contribution in [0.25, 0.3) is 33.0 Å². The molecule has 4 aromatic rings. The van der Waals surface area contributed by atoms with Gasteiger partial charge in [0.2, 0.25) is 0 Å². The molecule has 3 heterocycles. The molecule has 2 aromatic carbocycles. The second kappa shape index (κ2) is 10.6. The molecule has 0 radical (unpaired) electrons. The fraction of sp³-hybridized carbons (Fsp3) is 0.433.